The van der Waals surface area contributed by atoms with Gasteiger partial charge >= 0.3 is 6.03 Å². The zero-order valence-corrected chi connectivity index (χ0v) is 26.5. The van der Waals surface area contributed by atoms with Crippen LogP contribution in [0.15, 0.2) is 89.8 Å². The normalized spacial score (nSPS) is 17.4. The van der Waals surface area contributed by atoms with Crippen LogP contribution in [0.3, 0.4) is 0 Å². The molecule has 45 heavy (non-hydrogen) atoms. The molecule has 10 nitrogen and oxygen atoms in total. The molecule has 1 aliphatic rings. The van der Waals surface area contributed by atoms with Gasteiger partial charge in [-0.2, -0.15) is 0 Å². The second kappa shape index (κ2) is 13.2. The number of aliphatic hydroxyl groups is 1. The Morgan fingerprint density at radius 3 is 2.51 bits per heavy atom. The highest BCUT2D eigenvalue weighted by atomic mass is 32.2. The lowest BCUT2D eigenvalue weighted by molar-refractivity contribution is 0.0371. The predicted octanol–water partition coefficient (Wildman–Crippen LogP) is 5.33. The second-order valence-corrected chi connectivity index (χ2v) is 13.3. The molecule has 3 atom stereocenters. The Morgan fingerprint density at radius 2 is 1.78 bits per heavy atom. The van der Waals surface area contributed by atoms with Crippen molar-refractivity contribution in [1.82, 2.24) is 9.80 Å². The van der Waals surface area contributed by atoms with Gasteiger partial charge in [-0.15, -0.1) is 0 Å². The average Bonchev–Trinajstić information content (AvgIpc) is 3.02. The maximum absolute atomic E-state index is 13.8. The van der Waals surface area contributed by atoms with Crippen LogP contribution >= 0.6 is 0 Å². The number of likely N-dealkylation sites (N-methyl/N-ethyl adjacent to an activating group) is 1. The van der Waals surface area contributed by atoms with Crippen molar-refractivity contribution >= 4 is 44.1 Å². The number of nitrogens with one attached hydrogen (secondary N) is 2. The van der Waals surface area contributed by atoms with E-state index in [1.807, 2.05) is 56.3 Å². The fourth-order valence-electron chi connectivity index (χ4n) is 5.33. The first-order valence-electron chi connectivity index (χ1n) is 14.8. The van der Waals surface area contributed by atoms with E-state index >= 15 is 0 Å². The van der Waals surface area contributed by atoms with Crippen LogP contribution in [-0.2, 0) is 10.0 Å². The van der Waals surface area contributed by atoms with Crippen LogP contribution in [0.1, 0.15) is 29.8 Å². The number of benzene rings is 4. The van der Waals surface area contributed by atoms with E-state index in [1.54, 1.807) is 37.1 Å². The number of carbonyl (C=O) groups is 2. The minimum atomic E-state index is -3.92. The summed E-state index contributed by atoms with van der Waals surface area (Å²) in [5, 5.41) is 14.9. The molecular weight excluding hydrogens is 592 g/mol. The SMILES string of the molecule is Cc1ccc(S(=O)(=O)Nc2ccc3c(c2)C(=O)N([C@@H](C)CO)C[C@@H](C)[C@@H](CN(C)C(=O)Nc2cccc4ccccc24)O3)cc1. The molecule has 3 amide bonds. The molecule has 1 heterocycles. The molecular formula is C34H38N4O6S. The molecule has 0 spiro atoms. The number of sulfonamides is 1. The number of anilines is 2. The van der Waals surface area contributed by atoms with Gasteiger partial charge in [0.2, 0.25) is 0 Å². The van der Waals surface area contributed by atoms with Crippen LogP contribution in [0.2, 0.25) is 0 Å². The molecule has 3 N–H and O–H groups in total. The molecule has 11 heteroatoms. The summed E-state index contributed by atoms with van der Waals surface area (Å²) in [5.41, 5.74) is 1.96. The quantitative estimate of drug-likeness (QED) is 0.241. The number of hydrogen-bond acceptors (Lipinski definition) is 6. The third-order valence-corrected chi connectivity index (χ3v) is 9.48. The van der Waals surface area contributed by atoms with E-state index in [0.29, 0.717) is 5.69 Å². The number of urea groups is 1. The second-order valence-electron chi connectivity index (χ2n) is 11.6. The van der Waals surface area contributed by atoms with Gasteiger partial charge in [0.25, 0.3) is 15.9 Å². The Labute approximate surface area is 263 Å². The van der Waals surface area contributed by atoms with Crippen LogP contribution in [-0.4, -0.2) is 74.2 Å². The van der Waals surface area contributed by atoms with Crippen molar-refractivity contribution < 1.29 is 27.9 Å². The van der Waals surface area contributed by atoms with Gasteiger partial charge in [-0.05, 0) is 55.6 Å². The molecule has 236 valence electrons. The van der Waals surface area contributed by atoms with Gasteiger partial charge in [0.1, 0.15) is 11.9 Å². The van der Waals surface area contributed by atoms with Crippen molar-refractivity contribution in [2.45, 2.75) is 37.8 Å². The maximum atomic E-state index is 13.8. The first-order valence-corrected chi connectivity index (χ1v) is 16.3. The topological polar surface area (TPSA) is 128 Å². The number of nitrogens with zero attached hydrogens (tertiary/aromatic N) is 2. The molecule has 0 fully saturated rings. The summed E-state index contributed by atoms with van der Waals surface area (Å²) < 4.78 is 35.1. The highest BCUT2D eigenvalue weighted by molar-refractivity contribution is 7.92. The number of rotatable bonds is 8. The minimum absolute atomic E-state index is 0.0941. The largest absolute Gasteiger partial charge is 0.487 e. The Bertz CT molecular complexity index is 1810. The molecule has 0 saturated carbocycles. The van der Waals surface area contributed by atoms with Crippen molar-refractivity contribution in [2.24, 2.45) is 5.92 Å². The zero-order valence-electron chi connectivity index (χ0n) is 25.7. The van der Waals surface area contributed by atoms with Gasteiger partial charge in [-0.25, -0.2) is 13.2 Å². The lowest BCUT2D eigenvalue weighted by atomic mass is 9.99. The van der Waals surface area contributed by atoms with Gasteiger partial charge in [-0.1, -0.05) is 61.0 Å². The van der Waals surface area contributed by atoms with Crippen molar-refractivity contribution in [1.29, 1.82) is 0 Å². The molecule has 0 unspecified atom stereocenters. The monoisotopic (exact) mass is 630 g/mol. The van der Waals surface area contributed by atoms with Gasteiger partial charge in [-0.3, -0.25) is 9.52 Å². The van der Waals surface area contributed by atoms with Crippen LogP contribution in [0.4, 0.5) is 16.2 Å². The Morgan fingerprint density at radius 1 is 1.07 bits per heavy atom. The van der Waals surface area contributed by atoms with Crippen LogP contribution < -0.4 is 14.8 Å². The number of aliphatic hydroxyl groups excluding tert-OH is 1. The predicted molar refractivity (Wildman–Crippen MR) is 175 cm³/mol. The summed E-state index contributed by atoms with van der Waals surface area (Å²) in [6.45, 7) is 5.74. The molecule has 0 aromatic heterocycles. The maximum Gasteiger partial charge on any atom is 0.321 e. The van der Waals surface area contributed by atoms with E-state index in [1.165, 1.54) is 29.2 Å². The number of ether oxygens (including phenoxy) is 1. The van der Waals surface area contributed by atoms with E-state index in [-0.39, 0.29) is 53.5 Å². The van der Waals surface area contributed by atoms with Crippen molar-refractivity contribution in [3.05, 3.63) is 96.1 Å². The molecule has 1 aliphatic heterocycles. The van der Waals surface area contributed by atoms with Crippen molar-refractivity contribution in [2.75, 3.05) is 36.8 Å². The summed E-state index contributed by atoms with van der Waals surface area (Å²) >= 11 is 0. The molecule has 0 aliphatic carbocycles. The van der Waals surface area contributed by atoms with Crippen LogP contribution in [0.5, 0.6) is 5.75 Å². The molecule has 4 aromatic carbocycles. The Kier molecular flexibility index (Phi) is 9.31. The lowest BCUT2D eigenvalue weighted by Crippen LogP contribution is -2.50. The van der Waals surface area contributed by atoms with E-state index in [0.717, 1.165) is 16.3 Å². The summed E-state index contributed by atoms with van der Waals surface area (Å²) in [7, 11) is -2.24. The number of amides is 3. The molecule has 0 bridgehead atoms. The Hall–Kier alpha value is -4.61. The van der Waals surface area contributed by atoms with E-state index < -0.39 is 28.1 Å². The summed E-state index contributed by atoms with van der Waals surface area (Å²) in [4.78, 5) is 30.3. The third kappa shape index (κ3) is 7.05. The van der Waals surface area contributed by atoms with Gasteiger partial charge in [0, 0.05) is 30.6 Å². The minimum Gasteiger partial charge on any atom is -0.487 e. The lowest BCUT2D eigenvalue weighted by Gasteiger charge is -2.38. The van der Waals surface area contributed by atoms with E-state index in [2.05, 4.69) is 10.0 Å². The molecule has 0 saturated heterocycles. The fraction of sp³-hybridized carbons (Fsp3) is 0.294. The van der Waals surface area contributed by atoms with Gasteiger partial charge < -0.3 is 25.0 Å². The summed E-state index contributed by atoms with van der Waals surface area (Å²) in [6, 6.07) is 23.7. The number of hydrogen-bond donors (Lipinski definition) is 3. The number of aryl methyl sites for hydroxylation is 1. The zero-order chi connectivity index (χ0) is 32.3. The standard InChI is InChI=1S/C34H38N4O6S/c1-22-12-15-27(16-13-22)45(42,43)36-26-14-17-31-29(18-26)33(40)38(24(3)21-39)19-23(2)32(44-31)20-37(4)34(41)35-30-11-7-9-25-8-5-6-10-28(25)30/h5-18,23-24,32,36,39H,19-21H2,1-4H3,(H,35,41)/t23-,24+,32-/m1/s1. The number of fused-ring (bicyclic) bond motifs is 2. The third-order valence-electron chi connectivity index (χ3n) is 8.08. The first kappa shape index (κ1) is 31.8. The average molecular weight is 631 g/mol. The number of carbonyl (C=O) groups excluding carboxylic acids is 2. The molecule has 4 aromatic rings. The van der Waals surface area contributed by atoms with Crippen LogP contribution in [0, 0.1) is 12.8 Å². The Balaban J connectivity index is 1.40. The fourth-order valence-corrected chi connectivity index (χ4v) is 6.38. The first-order chi connectivity index (χ1) is 21.5. The highest BCUT2D eigenvalue weighted by Crippen LogP contribution is 2.32. The van der Waals surface area contributed by atoms with Gasteiger partial charge in [0.15, 0.2) is 0 Å². The van der Waals surface area contributed by atoms with Gasteiger partial charge in [0.05, 0.1) is 35.3 Å². The smallest absolute Gasteiger partial charge is 0.321 e. The summed E-state index contributed by atoms with van der Waals surface area (Å²) in [5.74, 6) is -0.355. The molecule has 5 rings (SSSR count). The van der Waals surface area contributed by atoms with Crippen molar-refractivity contribution in [3.8, 4) is 5.75 Å². The molecule has 0 radical (unpaired) electrons. The summed E-state index contributed by atoms with van der Waals surface area (Å²) in [6.07, 6.45) is -0.524. The highest BCUT2D eigenvalue weighted by Gasteiger charge is 2.34. The van der Waals surface area contributed by atoms with Crippen molar-refractivity contribution in [3.63, 3.8) is 0 Å². The van der Waals surface area contributed by atoms with Crippen LogP contribution in [0.25, 0.3) is 10.8 Å². The van der Waals surface area contributed by atoms with E-state index in [9.17, 15) is 23.1 Å². The van der Waals surface area contributed by atoms with E-state index in [4.69, 9.17) is 4.74 Å².